The fourth-order valence-corrected chi connectivity index (χ4v) is 3.87. The quantitative estimate of drug-likeness (QED) is 0.566. The molecule has 0 aliphatic carbocycles. The first-order chi connectivity index (χ1) is 15.0. The van der Waals surface area contributed by atoms with Gasteiger partial charge in [-0.05, 0) is 29.8 Å². The van der Waals surface area contributed by atoms with E-state index in [0.29, 0.717) is 24.5 Å². The Morgan fingerprint density at radius 2 is 1.97 bits per heavy atom. The van der Waals surface area contributed by atoms with E-state index in [4.69, 9.17) is 4.74 Å². The van der Waals surface area contributed by atoms with Crippen molar-refractivity contribution in [2.75, 3.05) is 44.2 Å². The third-order valence-electron chi connectivity index (χ3n) is 5.54. The molecule has 0 atom stereocenters. The first kappa shape index (κ1) is 20.9. The number of carbonyl (C=O) groups is 1. The Morgan fingerprint density at radius 1 is 1.16 bits per heavy atom. The summed E-state index contributed by atoms with van der Waals surface area (Å²) in [6.07, 6.45) is 3.28. The highest BCUT2D eigenvalue weighted by atomic mass is 19.1. The number of rotatable bonds is 6. The third-order valence-corrected chi connectivity index (χ3v) is 5.54. The van der Waals surface area contributed by atoms with Gasteiger partial charge in [-0.3, -0.25) is 9.69 Å². The number of anilines is 1. The van der Waals surface area contributed by atoms with E-state index in [-0.39, 0.29) is 11.8 Å². The van der Waals surface area contributed by atoms with Gasteiger partial charge >= 0.3 is 5.97 Å². The zero-order valence-electron chi connectivity index (χ0n) is 17.6. The summed E-state index contributed by atoms with van der Waals surface area (Å²) in [6, 6.07) is 11.1. The van der Waals surface area contributed by atoms with Crippen LogP contribution in [-0.4, -0.2) is 60.2 Å². The van der Waals surface area contributed by atoms with E-state index < -0.39 is 0 Å². The number of halogens is 1. The number of ether oxygens (including phenoxy) is 1. The van der Waals surface area contributed by atoms with Crippen molar-refractivity contribution in [2.45, 2.75) is 6.92 Å². The second kappa shape index (κ2) is 9.22. The Balaban J connectivity index is 1.50. The van der Waals surface area contributed by atoms with Crippen LogP contribution in [0.3, 0.4) is 0 Å². The van der Waals surface area contributed by atoms with Crippen molar-refractivity contribution in [3.63, 3.8) is 0 Å². The van der Waals surface area contributed by atoms with Gasteiger partial charge in [-0.2, -0.15) is 0 Å². The van der Waals surface area contributed by atoms with Crippen LogP contribution in [-0.2, 0) is 9.53 Å². The first-order valence-corrected chi connectivity index (χ1v) is 10.3. The molecule has 0 bridgehead atoms. The zero-order valence-corrected chi connectivity index (χ0v) is 17.6. The summed E-state index contributed by atoms with van der Waals surface area (Å²) in [7, 11) is 0. The molecule has 31 heavy (non-hydrogen) atoms. The summed E-state index contributed by atoms with van der Waals surface area (Å²) in [5.74, 6) is -0.532. The molecule has 0 radical (unpaired) electrons. The maximum atomic E-state index is 15.1. The van der Waals surface area contributed by atoms with E-state index in [1.165, 1.54) is 13.3 Å². The summed E-state index contributed by atoms with van der Waals surface area (Å²) in [6.45, 7) is 9.33. The normalized spacial score (nSPS) is 14.6. The van der Waals surface area contributed by atoms with Crippen LogP contribution in [0, 0.1) is 5.82 Å². The lowest BCUT2D eigenvalue weighted by Crippen LogP contribution is -2.47. The maximum Gasteiger partial charge on any atom is 0.302 e. The van der Waals surface area contributed by atoms with Gasteiger partial charge in [-0.1, -0.05) is 24.8 Å². The van der Waals surface area contributed by atoms with Crippen LogP contribution in [0.25, 0.3) is 28.2 Å². The van der Waals surface area contributed by atoms with Crippen LogP contribution >= 0.6 is 0 Å². The van der Waals surface area contributed by atoms with Gasteiger partial charge in [0.2, 0.25) is 0 Å². The second-order valence-electron chi connectivity index (χ2n) is 7.54. The van der Waals surface area contributed by atoms with Crippen LogP contribution in [0.4, 0.5) is 10.1 Å². The number of hydrogen-bond donors (Lipinski definition) is 0. The molecule has 6 nitrogen and oxygen atoms in total. The molecule has 1 aliphatic heterocycles. The average Bonchev–Trinajstić information content (AvgIpc) is 2.78. The smallest absolute Gasteiger partial charge is 0.302 e. The number of esters is 1. The van der Waals surface area contributed by atoms with Crippen molar-refractivity contribution >= 4 is 28.6 Å². The second-order valence-corrected chi connectivity index (χ2v) is 7.54. The summed E-state index contributed by atoms with van der Waals surface area (Å²) in [5, 5.41) is 0.869. The summed E-state index contributed by atoms with van der Waals surface area (Å²) >= 11 is 0. The van der Waals surface area contributed by atoms with E-state index in [0.717, 1.165) is 48.2 Å². The lowest BCUT2D eigenvalue weighted by Gasteiger charge is -2.36. The molecule has 0 saturated carbocycles. The van der Waals surface area contributed by atoms with Gasteiger partial charge in [0, 0.05) is 50.6 Å². The minimum atomic E-state index is -0.266. The summed E-state index contributed by atoms with van der Waals surface area (Å²) in [5.41, 5.74) is 3.79. The van der Waals surface area contributed by atoms with E-state index in [1.807, 2.05) is 30.3 Å². The minimum Gasteiger partial charge on any atom is -0.465 e. The van der Waals surface area contributed by atoms with E-state index in [2.05, 4.69) is 26.3 Å². The Kier molecular flexibility index (Phi) is 6.23. The van der Waals surface area contributed by atoms with Gasteiger partial charge in [-0.15, -0.1) is 0 Å². The lowest BCUT2D eigenvalue weighted by atomic mass is 10.0. The number of aromatic nitrogens is 2. The standard InChI is InChI=1S/C24H25FN4O2/c1-3-18-4-6-22-20(14-18)24(27-16-26-22)19-5-7-23(21(25)15-19)29-10-8-28(9-11-29)12-13-31-17(2)30/h3-7,14-16H,1,8-13H2,2H3. The van der Waals surface area contributed by atoms with Crippen molar-refractivity contribution in [2.24, 2.45) is 0 Å². The van der Waals surface area contributed by atoms with Crippen molar-refractivity contribution in [1.82, 2.24) is 14.9 Å². The molecule has 7 heteroatoms. The molecular formula is C24H25FN4O2. The Hall–Kier alpha value is -3.32. The van der Waals surface area contributed by atoms with Gasteiger partial charge in [0.05, 0.1) is 16.9 Å². The summed E-state index contributed by atoms with van der Waals surface area (Å²) < 4.78 is 20.1. The van der Waals surface area contributed by atoms with Crippen LogP contribution in [0.2, 0.25) is 0 Å². The molecule has 4 rings (SSSR count). The highest BCUT2D eigenvalue weighted by molar-refractivity contribution is 5.93. The molecular weight excluding hydrogens is 395 g/mol. The number of benzene rings is 2. The van der Waals surface area contributed by atoms with Crippen molar-refractivity contribution in [3.05, 3.63) is 60.7 Å². The molecule has 1 aromatic heterocycles. The average molecular weight is 420 g/mol. The number of fused-ring (bicyclic) bond motifs is 1. The molecule has 1 saturated heterocycles. The first-order valence-electron chi connectivity index (χ1n) is 10.3. The van der Waals surface area contributed by atoms with Gasteiger partial charge in [0.25, 0.3) is 0 Å². The maximum absolute atomic E-state index is 15.1. The molecule has 160 valence electrons. The molecule has 2 heterocycles. The number of piperazine rings is 1. The molecule has 1 fully saturated rings. The topological polar surface area (TPSA) is 58.6 Å². The van der Waals surface area contributed by atoms with E-state index >= 15 is 4.39 Å². The van der Waals surface area contributed by atoms with Crippen molar-refractivity contribution in [1.29, 1.82) is 0 Å². The van der Waals surface area contributed by atoms with Crippen LogP contribution in [0.1, 0.15) is 12.5 Å². The summed E-state index contributed by atoms with van der Waals surface area (Å²) in [4.78, 5) is 23.9. The molecule has 2 aromatic carbocycles. The molecule has 0 amide bonds. The highest BCUT2D eigenvalue weighted by Crippen LogP contribution is 2.30. The molecule has 1 aliphatic rings. The number of nitrogens with zero attached hydrogens (tertiary/aromatic N) is 4. The van der Waals surface area contributed by atoms with Crippen LogP contribution < -0.4 is 4.90 Å². The Morgan fingerprint density at radius 3 is 2.68 bits per heavy atom. The predicted octanol–water partition coefficient (Wildman–Crippen LogP) is 3.76. The lowest BCUT2D eigenvalue weighted by molar-refractivity contribution is -0.141. The van der Waals surface area contributed by atoms with E-state index in [9.17, 15) is 4.79 Å². The number of hydrogen-bond acceptors (Lipinski definition) is 6. The molecule has 0 unspecified atom stereocenters. The van der Waals surface area contributed by atoms with Gasteiger partial charge < -0.3 is 9.64 Å². The predicted molar refractivity (Wildman–Crippen MR) is 120 cm³/mol. The highest BCUT2D eigenvalue weighted by Gasteiger charge is 2.20. The van der Waals surface area contributed by atoms with Crippen molar-refractivity contribution < 1.29 is 13.9 Å². The van der Waals surface area contributed by atoms with Crippen LogP contribution in [0.5, 0.6) is 0 Å². The Labute approximate surface area is 181 Å². The Bertz CT molecular complexity index is 1110. The van der Waals surface area contributed by atoms with E-state index in [1.54, 1.807) is 12.1 Å². The van der Waals surface area contributed by atoms with Gasteiger partial charge in [0.1, 0.15) is 18.8 Å². The fraction of sp³-hybridized carbons (Fsp3) is 0.292. The fourth-order valence-electron chi connectivity index (χ4n) is 3.87. The number of carbonyl (C=O) groups excluding carboxylic acids is 1. The molecule has 0 N–H and O–H groups in total. The zero-order chi connectivity index (χ0) is 21.8. The third kappa shape index (κ3) is 4.72. The SMILES string of the molecule is C=Cc1ccc2ncnc(-c3ccc(N4CCN(CCOC(C)=O)CC4)c(F)c3)c2c1. The molecule has 3 aromatic rings. The molecule has 0 spiro atoms. The largest absolute Gasteiger partial charge is 0.465 e. The van der Waals surface area contributed by atoms with Crippen molar-refractivity contribution in [3.8, 4) is 11.3 Å². The van der Waals surface area contributed by atoms with Gasteiger partial charge in [-0.25, -0.2) is 14.4 Å². The monoisotopic (exact) mass is 420 g/mol. The minimum absolute atomic E-state index is 0.266. The van der Waals surface area contributed by atoms with Crippen LogP contribution in [0.15, 0.2) is 49.3 Å². The van der Waals surface area contributed by atoms with Gasteiger partial charge in [0.15, 0.2) is 0 Å².